The first-order chi connectivity index (χ1) is 6.42. The topological polar surface area (TPSA) is 46.2 Å². The third-order valence-corrected chi connectivity index (χ3v) is 4.27. The van der Waals surface area contributed by atoms with Gasteiger partial charge in [-0.2, -0.15) is 8.78 Å². The maximum Gasteiger partial charge on any atom is 0.350 e. The van der Waals surface area contributed by atoms with Gasteiger partial charge in [0.05, 0.1) is 0 Å². The molecule has 0 spiro atoms. The van der Waals surface area contributed by atoms with Gasteiger partial charge < -0.3 is 0 Å². The summed E-state index contributed by atoms with van der Waals surface area (Å²) < 4.78 is 47.6. The first-order valence-electron chi connectivity index (χ1n) is 4.35. The predicted molar refractivity (Wildman–Crippen MR) is 53.0 cm³/mol. The largest absolute Gasteiger partial charge is 0.350 e. The van der Waals surface area contributed by atoms with Gasteiger partial charge in [-0.15, -0.1) is 0 Å². The normalized spacial score (nSPS) is 29.4. The lowest BCUT2D eigenvalue weighted by molar-refractivity contribution is 0.230. The van der Waals surface area contributed by atoms with Crippen molar-refractivity contribution in [1.82, 2.24) is 4.72 Å². The highest BCUT2D eigenvalue weighted by atomic mass is 79.9. The standard InChI is InChI=1S/C7H12BrF2NO2S/c8-5-1-3-6(4-2-5)11-14(12,13)7(9)10/h5-7,11H,1-4H2. The van der Waals surface area contributed by atoms with Gasteiger partial charge in [0.1, 0.15) is 0 Å². The molecular formula is C7H12BrF2NO2S. The van der Waals surface area contributed by atoms with Gasteiger partial charge in [0.2, 0.25) is 0 Å². The highest BCUT2D eigenvalue weighted by molar-refractivity contribution is 9.09. The number of sulfonamides is 1. The van der Waals surface area contributed by atoms with Crippen molar-refractivity contribution in [1.29, 1.82) is 0 Å². The van der Waals surface area contributed by atoms with Gasteiger partial charge in [-0.1, -0.05) is 15.9 Å². The van der Waals surface area contributed by atoms with E-state index in [9.17, 15) is 17.2 Å². The van der Waals surface area contributed by atoms with E-state index in [0.717, 1.165) is 12.8 Å². The summed E-state index contributed by atoms with van der Waals surface area (Å²) in [5.41, 5.74) is 0. The van der Waals surface area contributed by atoms with Crippen LogP contribution in [0.25, 0.3) is 0 Å². The number of alkyl halides is 3. The molecule has 14 heavy (non-hydrogen) atoms. The summed E-state index contributed by atoms with van der Waals surface area (Å²) in [7, 11) is -4.41. The Morgan fingerprint density at radius 2 is 1.71 bits per heavy atom. The van der Waals surface area contributed by atoms with Crippen molar-refractivity contribution < 1.29 is 17.2 Å². The lowest BCUT2D eigenvalue weighted by Crippen LogP contribution is -2.40. The van der Waals surface area contributed by atoms with Crippen molar-refractivity contribution in [2.45, 2.75) is 42.3 Å². The summed E-state index contributed by atoms with van der Waals surface area (Å²) in [5, 5.41) is 0. The van der Waals surface area contributed by atoms with Gasteiger partial charge in [-0.05, 0) is 25.7 Å². The van der Waals surface area contributed by atoms with Crippen molar-refractivity contribution in [3.63, 3.8) is 0 Å². The zero-order valence-corrected chi connectivity index (χ0v) is 9.82. The van der Waals surface area contributed by atoms with Crippen LogP contribution >= 0.6 is 15.9 Å². The van der Waals surface area contributed by atoms with Crippen LogP contribution in [0, 0.1) is 0 Å². The maximum atomic E-state index is 12.0. The third kappa shape index (κ3) is 3.43. The van der Waals surface area contributed by atoms with E-state index in [1.54, 1.807) is 0 Å². The molecule has 0 unspecified atom stereocenters. The minimum atomic E-state index is -4.41. The smallest absolute Gasteiger partial charge is 0.207 e. The minimum absolute atomic E-state index is 0.331. The molecule has 7 heteroatoms. The molecule has 0 aromatic rings. The quantitative estimate of drug-likeness (QED) is 0.807. The van der Waals surface area contributed by atoms with Crippen LogP contribution in [-0.2, 0) is 10.0 Å². The van der Waals surface area contributed by atoms with Gasteiger partial charge in [0, 0.05) is 10.9 Å². The second kappa shape index (κ2) is 4.85. The molecule has 1 aliphatic carbocycles. The summed E-state index contributed by atoms with van der Waals surface area (Å²) in [6, 6.07) is -0.331. The van der Waals surface area contributed by atoms with Gasteiger partial charge in [0.15, 0.2) is 0 Å². The Labute approximate surface area is 90.4 Å². The van der Waals surface area contributed by atoms with E-state index in [4.69, 9.17) is 0 Å². The molecule has 0 atom stereocenters. The zero-order valence-electron chi connectivity index (χ0n) is 7.42. The molecule has 1 rings (SSSR count). The molecule has 0 bridgehead atoms. The van der Waals surface area contributed by atoms with E-state index in [-0.39, 0.29) is 6.04 Å². The van der Waals surface area contributed by atoms with E-state index in [0.29, 0.717) is 17.7 Å². The first kappa shape index (κ1) is 12.3. The minimum Gasteiger partial charge on any atom is -0.207 e. The van der Waals surface area contributed by atoms with Crippen LogP contribution in [-0.4, -0.2) is 25.0 Å². The average Bonchev–Trinajstić information content (AvgIpc) is 2.08. The first-order valence-corrected chi connectivity index (χ1v) is 6.81. The van der Waals surface area contributed by atoms with Crippen LogP contribution in [0.3, 0.4) is 0 Å². The highest BCUT2D eigenvalue weighted by Gasteiger charge is 2.29. The number of hydrogen-bond acceptors (Lipinski definition) is 2. The van der Waals surface area contributed by atoms with Crippen LogP contribution in [0.4, 0.5) is 8.78 Å². The highest BCUT2D eigenvalue weighted by Crippen LogP contribution is 2.25. The molecule has 1 N–H and O–H groups in total. The van der Waals surface area contributed by atoms with Gasteiger partial charge >= 0.3 is 5.76 Å². The lowest BCUT2D eigenvalue weighted by Gasteiger charge is -2.25. The molecular weight excluding hydrogens is 280 g/mol. The second-order valence-corrected chi connectivity index (χ2v) is 6.35. The number of hydrogen-bond donors (Lipinski definition) is 1. The van der Waals surface area contributed by atoms with Gasteiger partial charge in [-0.3, -0.25) is 0 Å². The SMILES string of the molecule is O=S(=O)(NC1CCC(Br)CC1)C(F)F. The van der Waals surface area contributed by atoms with Crippen molar-refractivity contribution in [2.75, 3.05) is 0 Å². The summed E-state index contributed by atoms with van der Waals surface area (Å²) in [5.74, 6) is -3.33. The molecule has 1 fully saturated rings. The van der Waals surface area contributed by atoms with Crippen LogP contribution in [0.5, 0.6) is 0 Å². The summed E-state index contributed by atoms with van der Waals surface area (Å²) >= 11 is 3.40. The van der Waals surface area contributed by atoms with Crippen molar-refractivity contribution >= 4 is 26.0 Å². The summed E-state index contributed by atoms with van der Waals surface area (Å²) in [6.07, 6.45) is 2.86. The number of nitrogens with one attached hydrogen (secondary N) is 1. The second-order valence-electron chi connectivity index (χ2n) is 3.37. The van der Waals surface area contributed by atoms with Crippen molar-refractivity contribution in [2.24, 2.45) is 0 Å². The van der Waals surface area contributed by atoms with E-state index < -0.39 is 15.8 Å². The Hall–Kier alpha value is 0.250. The van der Waals surface area contributed by atoms with Gasteiger partial charge in [-0.25, -0.2) is 13.1 Å². The Balaban J connectivity index is 2.46. The van der Waals surface area contributed by atoms with Crippen molar-refractivity contribution in [3.8, 4) is 0 Å². The monoisotopic (exact) mass is 291 g/mol. The molecule has 1 aliphatic rings. The molecule has 0 saturated heterocycles. The molecule has 84 valence electrons. The van der Waals surface area contributed by atoms with E-state index >= 15 is 0 Å². The fraction of sp³-hybridized carbons (Fsp3) is 1.00. The fourth-order valence-corrected chi connectivity index (χ4v) is 2.79. The Bertz CT molecular complexity index is 275. The van der Waals surface area contributed by atoms with E-state index in [2.05, 4.69) is 15.9 Å². The zero-order chi connectivity index (χ0) is 10.8. The molecule has 0 heterocycles. The Kier molecular flexibility index (Phi) is 4.27. The van der Waals surface area contributed by atoms with Gasteiger partial charge in [0.25, 0.3) is 10.0 Å². The molecule has 0 amide bonds. The molecule has 3 nitrogen and oxygen atoms in total. The predicted octanol–water partition coefficient (Wildman–Crippen LogP) is 1.83. The lowest BCUT2D eigenvalue weighted by atomic mass is 9.96. The summed E-state index contributed by atoms with van der Waals surface area (Å²) in [6.45, 7) is 0. The number of halogens is 3. The maximum absolute atomic E-state index is 12.0. The molecule has 0 aromatic heterocycles. The summed E-state index contributed by atoms with van der Waals surface area (Å²) in [4.78, 5) is 0.384. The Morgan fingerprint density at radius 3 is 2.14 bits per heavy atom. The molecule has 0 aromatic carbocycles. The molecule has 1 saturated carbocycles. The molecule has 0 aliphatic heterocycles. The van der Waals surface area contributed by atoms with Crippen LogP contribution < -0.4 is 4.72 Å². The number of rotatable bonds is 3. The fourth-order valence-electron chi connectivity index (χ4n) is 1.45. The van der Waals surface area contributed by atoms with Crippen LogP contribution in [0.2, 0.25) is 0 Å². The van der Waals surface area contributed by atoms with Crippen molar-refractivity contribution in [3.05, 3.63) is 0 Å². The van der Waals surface area contributed by atoms with Crippen LogP contribution in [0.15, 0.2) is 0 Å². The van der Waals surface area contributed by atoms with Crippen LogP contribution in [0.1, 0.15) is 25.7 Å². The molecule has 0 radical (unpaired) electrons. The van der Waals surface area contributed by atoms with E-state index in [1.807, 2.05) is 4.72 Å². The third-order valence-electron chi connectivity index (χ3n) is 2.22. The van der Waals surface area contributed by atoms with E-state index in [1.165, 1.54) is 0 Å². The average molecular weight is 292 g/mol. The Morgan fingerprint density at radius 1 is 1.21 bits per heavy atom.